The first-order valence-electron chi connectivity index (χ1n) is 16.8. The van der Waals surface area contributed by atoms with Crippen LogP contribution >= 0.6 is 0 Å². The lowest BCUT2D eigenvalue weighted by Crippen LogP contribution is -2.16. The fourth-order valence-electron chi connectivity index (χ4n) is 7.50. The van der Waals surface area contributed by atoms with Gasteiger partial charge in [-0.3, -0.25) is 4.57 Å². The molecule has 0 aliphatic heterocycles. The van der Waals surface area contributed by atoms with Gasteiger partial charge < -0.3 is 4.74 Å². The van der Waals surface area contributed by atoms with Crippen LogP contribution in [-0.4, -0.2) is 19.3 Å². The molecule has 3 aromatic carbocycles. The molecule has 234 valence electrons. The van der Waals surface area contributed by atoms with E-state index in [1.807, 2.05) is 6.20 Å². The Balaban J connectivity index is 1.32. The molecule has 0 fully saturated rings. The summed E-state index contributed by atoms with van der Waals surface area (Å²) in [5.74, 6) is 3.88. The minimum atomic E-state index is 0.337. The maximum absolute atomic E-state index is 6.71. The normalized spacial score (nSPS) is 16.8. The van der Waals surface area contributed by atoms with E-state index in [0.717, 1.165) is 46.2 Å². The summed E-state index contributed by atoms with van der Waals surface area (Å²) in [7, 11) is 0. The Bertz CT molecular complexity index is 2110. The van der Waals surface area contributed by atoms with Crippen LogP contribution in [0.1, 0.15) is 87.4 Å². The Morgan fingerprint density at radius 2 is 1.70 bits per heavy atom. The molecule has 1 aliphatic carbocycles. The molecule has 7 rings (SSSR count). The van der Waals surface area contributed by atoms with E-state index in [2.05, 4.69) is 137 Å². The predicted molar refractivity (Wildman–Crippen MR) is 190 cm³/mol. The molecule has 1 unspecified atom stereocenters. The fraction of sp³-hybridized carbons (Fsp3) is 0.317. The lowest BCUT2D eigenvalue weighted by atomic mass is 9.75. The summed E-state index contributed by atoms with van der Waals surface area (Å²) < 4.78 is 11.1. The summed E-state index contributed by atoms with van der Waals surface area (Å²) in [4.78, 5) is 4.79. The van der Waals surface area contributed by atoms with Gasteiger partial charge in [0.15, 0.2) is 0 Å². The van der Waals surface area contributed by atoms with Gasteiger partial charge in [0.2, 0.25) is 0 Å². The molecule has 3 aromatic heterocycles. The number of fused-ring (bicyclic) bond motifs is 3. The summed E-state index contributed by atoms with van der Waals surface area (Å²) in [6.45, 7) is 15.7. The molecule has 0 spiro atoms. The summed E-state index contributed by atoms with van der Waals surface area (Å²) in [6.07, 6.45) is 7.67. The number of rotatable bonds is 7. The molecule has 1 aliphatic rings. The zero-order chi connectivity index (χ0) is 32.1. The van der Waals surface area contributed by atoms with Crippen molar-refractivity contribution in [3.63, 3.8) is 0 Å². The average Bonchev–Trinajstić information content (AvgIpc) is 3.53. The number of nitrogens with zero attached hydrogens (tertiary/aromatic N) is 4. The number of aromatic nitrogens is 4. The van der Waals surface area contributed by atoms with Crippen molar-refractivity contribution in [1.29, 1.82) is 0 Å². The standard InChI is InChI=1S/C41H44N4O/c1-8-30-18-19-42-39(20-30)44-37-15-10-9-14-35(37)36-17-16-33(24-38(36)44)46-34-22-31(25(2)3)21-32(23-34)45-29(7)41(28(6)43-45)40-26(4)12-11-13-27(40)5/h9-10,12,14-25,27,40H,8,11,13H2,1-7H3/t27-,40?/m0/s1. The molecule has 46 heavy (non-hydrogen) atoms. The highest BCUT2D eigenvalue weighted by atomic mass is 16.5. The Kier molecular flexibility index (Phi) is 7.80. The molecule has 0 N–H and O–H groups in total. The van der Waals surface area contributed by atoms with Gasteiger partial charge in [-0.25, -0.2) is 9.67 Å². The number of hydrogen-bond acceptors (Lipinski definition) is 3. The van der Waals surface area contributed by atoms with E-state index >= 15 is 0 Å². The lowest BCUT2D eigenvalue weighted by molar-refractivity contribution is 0.447. The van der Waals surface area contributed by atoms with E-state index in [1.165, 1.54) is 51.6 Å². The average molecular weight is 609 g/mol. The maximum Gasteiger partial charge on any atom is 0.137 e. The van der Waals surface area contributed by atoms with Gasteiger partial charge in [0.1, 0.15) is 17.3 Å². The second-order valence-electron chi connectivity index (χ2n) is 13.4. The molecule has 0 radical (unpaired) electrons. The zero-order valence-corrected chi connectivity index (χ0v) is 28.1. The number of benzene rings is 3. The molecule has 5 nitrogen and oxygen atoms in total. The third-order valence-corrected chi connectivity index (χ3v) is 9.96. The van der Waals surface area contributed by atoms with Gasteiger partial charge in [-0.2, -0.15) is 5.10 Å². The van der Waals surface area contributed by atoms with Crippen molar-refractivity contribution in [2.45, 2.75) is 79.6 Å². The first kappa shape index (κ1) is 30.0. The maximum atomic E-state index is 6.71. The van der Waals surface area contributed by atoms with Gasteiger partial charge >= 0.3 is 0 Å². The lowest BCUT2D eigenvalue weighted by Gasteiger charge is -2.29. The van der Waals surface area contributed by atoms with E-state index in [4.69, 9.17) is 14.8 Å². The Morgan fingerprint density at radius 1 is 0.891 bits per heavy atom. The SMILES string of the molecule is CCc1ccnc(-n2c3ccccc3c3ccc(Oc4cc(C(C)C)cc(-n5nc(C)c(C6C(C)=CCC[C@@H]6C)c5C)c4)cc32)c1. The van der Waals surface area contributed by atoms with Crippen molar-refractivity contribution in [1.82, 2.24) is 19.3 Å². The molecule has 0 saturated carbocycles. The van der Waals surface area contributed by atoms with E-state index < -0.39 is 0 Å². The predicted octanol–water partition coefficient (Wildman–Crippen LogP) is 10.9. The second kappa shape index (κ2) is 11.9. The number of para-hydroxylation sites is 1. The second-order valence-corrected chi connectivity index (χ2v) is 13.4. The van der Waals surface area contributed by atoms with Gasteiger partial charge in [0.25, 0.3) is 0 Å². The van der Waals surface area contributed by atoms with Gasteiger partial charge in [-0.05, 0) is 105 Å². The van der Waals surface area contributed by atoms with E-state index in [1.54, 1.807) is 0 Å². The highest BCUT2D eigenvalue weighted by Crippen LogP contribution is 2.42. The highest BCUT2D eigenvalue weighted by molar-refractivity contribution is 6.09. The van der Waals surface area contributed by atoms with Crippen LogP contribution in [0.2, 0.25) is 0 Å². The summed E-state index contributed by atoms with van der Waals surface area (Å²) in [5, 5.41) is 7.50. The molecular formula is C41H44N4O. The largest absolute Gasteiger partial charge is 0.457 e. The fourth-order valence-corrected chi connectivity index (χ4v) is 7.50. The first-order valence-corrected chi connectivity index (χ1v) is 16.8. The van der Waals surface area contributed by atoms with Gasteiger partial charge in [0, 0.05) is 46.3 Å². The van der Waals surface area contributed by atoms with Crippen LogP contribution < -0.4 is 4.74 Å². The Labute approximate surface area is 272 Å². The summed E-state index contributed by atoms with van der Waals surface area (Å²) in [5.41, 5.74) is 10.9. The molecule has 0 amide bonds. The number of allylic oxidation sites excluding steroid dienone is 2. The summed E-state index contributed by atoms with van der Waals surface area (Å²) >= 11 is 0. The molecule has 2 atom stereocenters. The molecule has 5 heteroatoms. The van der Waals surface area contributed by atoms with Crippen molar-refractivity contribution in [2.75, 3.05) is 0 Å². The van der Waals surface area contributed by atoms with Crippen LogP contribution in [0.4, 0.5) is 0 Å². The number of hydrogen-bond donors (Lipinski definition) is 0. The van der Waals surface area contributed by atoms with Crippen molar-refractivity contribution in [2.24, 2.45) is 5.92 Å². The van der Waals surface area contributed by atoms with Gasteiger partial charge in [0.05, 0.1) is 22.4 Å². The van der Waals surface area contributed by atoms with E-state index in [-0.39, 0.29) is 0 Å². The molecule has 3 heterocycles. The van der Waals surface area contributed by atoms with Gasteiger partial charge in [-0.1, -0.05) is 57.5 Å². The number of pyridine rings is 1. The highest BCUT2D eigenvalue weighted by Gasteiger charge is 2.29. The molecular weight excluding hydrogens is 564 g/mol. The van der Waals surface area contributed by atoms with Crippen LogP contribution in [0.15, 0.2) is 90.6 Å². The molecule has 6 aromatic rings. The van der Waals surface area contributed by atoms with Crippen LogP contribution in [0.3, 0.4) is 0 Å². The van der Waals surface area contributed by atoms with Crippen LogP contribution in [-0.2, 0) is 6.42 Å². The quantitative estimate of drug-likeness (QED) is 0.169. The van der Waals surface area contributed by atoms with Crippen LogP contribution in [0, 0.1) is 19.8 Å². The van der Waals surface area contributed by atoms with Crippen LogP contribution in [0.25, 0.3) is 33.3 Å². The topological polar surface area (TPSA) is 44.9 Å². The van der Waals surface area contributed by atoms with Crippen LogP contribution in [0.5, 0.6) is 11.5 Å². The van der Waals surface area contributed by atoms with E-state index in [9.17, 15) is 0 Å². The zero-order valence-electron chi connectivity index (χ0n) is 28.1. The third-order valence-electron chi connectivity index (χ3n) is 9.96. The Morgan fingerprint density at radius 3 is 2.48 bits per heavy atom. The molecule has 0 saturated heterocycles. The Hall–Kier alpha value is -4.64. The minimum absolute atomic E-state index is 0.337. The van der Waals surface area contributed by atoms with Gasteiger partial charge in [-0.15, -0.1) is 0 Å². The minimum Gasteiger partial charge on any atom is -0.457 e. The van der Waals surface area contributed by atoms with Crippen molar-refractivity contribution in [3.8, 4) is 23.0 Å². The van der Waals surface area contributed by atoms with Crippen molar-refractivity contribution < 1.29 is 4.74 Å². The number of ether oxygens (including phenoxy) is 1. The van der Waals surface area contributed by atoms with Crippen molar-refractivity contribution >= 4 is 21.8 Å². The third kappa shape index (κ3) is 5.22. The number of aryl methyl sites for hydroxylation is 2. The van der Waals surface area contributed by atoms with E-state index in [0.29, 0.717) is 17.8 Å². The van der Waals surface area contributed by atoms with Crippen molar-refractivity contribution in [3.05, 3.63) is 119 Å². The first-order chi connectivity index (χ1) is 22.2. The smallest absolute Gasteiger partial charge is 0.137 e. The monoisotopic (exact) mass is 608 g/mol. The summed E-state index contributed by atoms with van der Waals surface area (Å²) in [6, 6.07) is 25.8. The molecule has 0 bridgehead atoms.